The molecule has 1 fully saturated rings. The summed E-state index contributed by atoms with van der Waals surface area (Å²) < 4.78 is 1.83. The summed E-state index contributed by atoms with van der Waals surface area (Å²) in [6.45, 7) is 0. The zero-order chi connectivity index (χ0) is 19.6. The Hall–Kier alpha value is -3.15. The predicted octanol–water partition coefficient (Wildman–Crippen LogP) is 4.62. The van der Waals surface area contributed by atoms with E-state index in [0.29, 0.717) is 12.5 Å². The third-order valence-corrected chi connectivity index (χ3v) is 5.95. The van der Waals surface area contributed by atoms with E-state index < -0.39 is 0 Å². The van der Waals surface area contributed by atoms with E-state index in [1.807, 2.05) is 53.5 Å². The van der Waals surface area contributed by atoms with Gasteiger partial charge in [-0.05, 0) is 55.2 Å². The largest absolute Gasteiger partial charge is 0.340 e. The van der Waals surface area contributed by atoms with Gasteiger partial charge in [0.1, 0.15) is 5.82 Å². The number of fused-ring (bicyclic) bond motifs is 1. The Kier molecular flexibility index (Phi) is 4.76. The second-order valence-electron chi connectivity index (χ2n) is 7.88. The number of hydrogen-bond acceptors (Lipinski definition) is 4. The maximum Gasteiger partial charge on any atom is 0.227 e. The van der Waals surface area contributed by atoms with Crippen molar-refractivity contribution in [2.45, 2.75) is 51.0 Å². The summed E-state index contributed by atoms with van der Waals surface area (Å²) in [5, 5.41) is 7.64. The van der Waals surface area contributed by atoms with E-state index in [0.717, 1.165) is 42.1 Å². The van der Waals surface area contributed by atoms with Crippen molar-refractivity contribution in [3.05, 3.63) is 60.6 Å². The number of carbonyl (C=O) groups excluding carboxylic acids is 1. The molecule has 1 aromatic carbocycles. The number of rotatable bonds is 4. The summed E-state index contributed by atoms with van der Waals surface area (Å²) in [7, 11) is 0. The first kappa shape index (κ1) is 17.9. The Morgan fingerprint density at radius 3 is 2.62 bits per heavy atom. The smallest absolute Gasteiger partial charge is 0.227 e. The summed E-state index contributed by atoms with van der Waals surface area (Å²) in [5.41, 5.74) is 4.18. The summed E-state index contributed by atoms with van der Waals surface area (Å²) >= 11 is 0. The van der Waals surface area contributed by atoms with Gasteiger partial charge in [0, 0.05) is 42.8 Å². The third-order valence-electron chi connectivity index (χ3n) is 5.95. The number of pyridine rings is 1. The van der Waals surface area contributed by atoms with Crippen molar-refractivity contribution < 1.29 is 4.79 Å². The molecule has 3 heterocycles. The van der Waals surface area contributed by atoms with Crippen LogP contribution in [-0.4, -0.2) is 26.7 Å². The first-order valence-electron chi connectivity index (χ1n) is 10.5. The van der Waals surface area contributed by atoms with Crippen LogP contribution in [-0.2, 0) is 11.2 Å². The Morgan fingerprint density at radius 1 is 1.03 bits per heavy atom. The molecule has 0 spiro atoms. The van der Waals surface area contributed by atoms with Crippen LogP contribution in [0.1, 0.15) is 44.1 Å². The molecular formula is C23H25N5O. The van der Waals surface area contributed by atoms with E-state index in [4.69, 9.17) is 0 Å². The molecule has 1 amide bonds. The molecule has 29 heavy (non-hydrogen) atoms. The molecule has 0 saturated heterocycles. The molecular weight excluding hydrogens is 362 g/mol. The molecule has 5 rings (SSSR count). The first-order valence-corrected chi connectivity index (χ1v) is 10.5. The van der Waals surface area contributed by atoms with Gasteiger partial charge in [0.25, 0.3) is 0 Å². The van der Waals surface area contributed by atoms with Crippen molar-refractivity contribution >= 4 is 23.1 Å². The Balaban J connectivity index is 1.39. The van der Waals surface area contributed by atoms with Crippen LogP contribution >= 0.6 is 0 Å². The number of hydrogen-bond donors (Lipinski definition) is 1. The zero-order valence-corrected chi connectivity index (χ0v) is 16.4. The highest BCUT2D eigenvalue weighted by Crippen LogP contribution is 2.35. The van der Waals surface area contributed by atoms with Crippen LogP contribution in [0.2, 0.25) is 0 Å². The fourth-order valence-electron chi connectivity index (χ4n) is 4.46. The van der Waals surface area contributed by atoms with Crippen molar-refractivity contribution in [3.63, 3.8) is 0 Å². The number of nitrogens with one attached hydrogen (secondary N) is 1. The van der Waals surface area contributed by atoms with Gasteiger partial charge in [-0.3, -0.25) is 4.79 Å². The third kappa shape index (κ3) is 3.62. The second kappa shape index (κ2) is 7.70. The van der Waals surface area contributed by atoms with Crippen LogP contribution < -0.4 is 10.2 Å². The maximum atomic E-state index is 12.8. The van der Waals surface area contributed by atoms with Gasteiger partial charge in [0.2, 0.25) is 5.91 Å². The first-order chi connectivity index (χ1) is 14.3. The van der Waals surface area contributed by atoms with Gasteiger partial charge in [-0.2, -0.15) is 5.10 Å². The van der Waals surface area contributed by atoms with Gasteiger partial charge in [0.15, 0.2) is 0 Å². The minimum Gasteiger partial charge on any atom is -0.340 e. The summed E-state index contributed by atoms with van der Waals surface area (Å²) in [6.07, 6.45) is 12.9. The fourth-order valence-corrected chi connectivity index (χ4v) is 4.46. The van der Waals surface area contributed by atoms with Gasteiger partial charge in [-0.15, -0.1) is 0 Å². The highest BCUT2D eigenvalue weighted by Gasteiger charge is 2.31. The van der Waals surface area contributed by atoms with Crippen molar-refractivity contribution in [3.8, 4) is 5.69 Å². The normalized spacial score (nSPS) is 17.2. The molecule has 1 aliphatic heterocycles. The van der Waals surface area contributed by atoms with Crippen LogP contribution in [0.3, 0.4) is 0 Å². The summed E-state index contributed by atoms with van der Waals surface area (Å²) in [6, 6.07) is 12.4. The molecule has 6 nitrogen and oxygen atoms in total. The molecule has 2 aliphatic rings. The number of benzene rings is 1. The molecule has 148 valence electrons. The number of aryl methyl sites for hydroxylation is 1. The lowest BCUT2D eigenvalue weighted by atomic mass is 9.91. The van der Waals surface area contributed by atoms with Gasteiger partial charge in [-0.1, -0.05) is 19.3 Å². The van der Waals surface area contributed by atoms with Crippen LogP contribution in [0, 0.1) is 0 Å². The predicted molar refractivity (Wildman–Crippen MR) is 114 cm³/mol. The van der Waals surface area contributed by atoms with Gasteiger partial charge in [-0.25, -0.2) is 9.67 Å². The molecule has 0 radical (unpaired) electrons. The quantitative estimate of drug-likeness (QED) is 0.709. The van der Waals surface area contributed by atoms with Crippen LogP contribution in [0.5, 0.6) is 0 Å². The zero-order valence-electron chi connectivity index (χ0n) is 16.4. The monoisotopic (exact) mass is 387 g/mol. The van der Waals surface area contributed by atoms with Crippen LogP contribution in [0.15, 0.2) is 55.0 Å². The topological polar surface area (TPSA) is 63.1 Å². The summed E-state index contributed by atoms with van der Waals surface area (Å²) in [5.74, 6) is 1.02. The second-order valence-corrected chi connectivity index (χ2v) is 7.88. The van der Waals surface area contributed by atoms with E-state index in [1.165, 1.54) is 24.8 Å². The molecule has 1 saturated carbocycles. The number of nitrogens with zero attached hydrogens (tertiary/aromatic N) is 4. The summed E-state index contributed by atoms with van der Waals surface area (Å²) in [4.78, 5) is 19.4. The lowest BCUT2D eigenvalue weighted by molar-refractivity contribution is -0.119. The standard InChI is InChI=1S/C23H25N5O/c29-23-12-7-17-16-24-22(15-21(17)28(23)20-5-2-1-3-6-20)26-18-8-10-19(11-9-18)27-14-4-13-25-27/h4,8-11,13-16,20H,1-3,5-7,12H2,(H,24,26). The van der Waals surface area contributed by atoms with E-state index in [-0.39, 0.29) is 5.91 Å². The van der Waals surface area contributed by atoms with Crippen LogP contribution in [0.4, 0.5) is 17.2 Å². The lowest BCUT2D eigenvalue weighted by Gasteiger charge is -2.38. The molecule has 1 N–H and O–H groups in total. The fraction of sp³-hybridized carbons (Fsp3) is 0.348. The molecule has 2 aromatic heterocycles. The molecule has 1 aliphatic carbocycles. The van der Waals surface area contributed by atoms with E-state index in [2.05, 4.69) is 20.3 Å². The van der Waals surface area contributed by atoms with Crippen molar-refractivity contribution in [2.24, 2.45) is 0 Å². The molecule has 0 bridgehead atoms. The average Bonchev–Trinajstić information content (AvgIpc) is 3.30. The average molecular weight is 387 g/mol. The number of anilines is 3. The Bertz CT molecular complexity index is 991. The minimum absolute atomic E-state index is 0.255. The van der Waals surface area contributed by atoms with Gasteiger partial charge < -0.3 is 10.2 Å². The van der Waals surface area contributed by atoms with E-state index in [1.54, 1.807) is 6.20 Å². The van der Waals surface area contributed by atoms with Crippen molar-refractivity contribution in [1.82, 2.24) is 14.8 Å². The molecule has 0 unspecified atom stereocenters. The number of amides is 1. The highest BCUT2D eigenvalue weighted by molar-refractivity contribution is 5.97. The Morgan fingerprint density at radius 2 is 1.86 bits per heavy atom. The molecule has 3 aromatic rings. The van der Waals surface area contributed by atoms with Gasteiger partial charge >= 0.3 is 0 Å². The highest BCUT2D eigenvalue weighted by atomic mass is 16.2. The van der Waals surface area contributed by atoms with Crippen molar-refractivity contribution in [2.75, 3.05) is 10.2 Å². The van der Waals surface area contributed by atoms with E-state index >= 15 is 0 Å². The molecule has 6 heteroatoms. The maximum absolute atomic E-state index is 12.8. The molecule has 0 atom stereocenters. The number of aromatic nitrogens is 3. The number of carbonyl (C=O) groups is 1. The van der Waals surface area contributed by atoms with Crippen LogP contribution in [0.25, 0.3) is 5.69 Å². The lowest BCUT2D eigenvalue weighted by Crippen LogP contribution is -2.44. The SMILES string of the molecule is O=C1CCc2cnc(Nc3ccc(-n4cccn4)cc3)cc2N1C1CCCCC1. The van der Waals surface area contributed by atoms with Gasteiger partial charge in [0.05, 0.1) is 11.4 Å². The Labute approximate surface area is 170 Å². The minimum atomic E-state index is 0.255. The van der Waals surface area contributed by atoms with E-state index in [9.17, 15) is 4.79 Å². The van der Waals surface area contributed by atoms with Crippen molar-refractivity contribution in [1.29, 1.82) is 0 Å².